The first-order chi connectivity index (χ1) is 29.2. The average Bonchev–Trinajstić information content (AvgIpc) is 4.05. The Labute approximate surface area is 355 Å². The quantitative estimate of drug-likeness (QED) is 0.150. The van der Waals surface area contributed by atoms with Crippen molar-refractivity contribution in [2.24, 2.45) is 14.1 Å². The van der Waals surface area contributed by atoms with Gasteiger partial charge >= 0.3 is 12.2 Å². The first kappa shape index (κ1) is 44.3. The normalized spacial score (nSPS) is 16.1. The zero-order chi connectivity index (χ0) is 43.8. The van der Waals surface area contributed by atoms with Crippen molar-refractivity contribution in [2.75, 3.05) is 47.7 Å². The third-order valence-corrected chi connectivity index (χ3v) is 9.14. The Morgan fingerprint density at radius 2 is 1.20 bits per heavy atom. The number of aliphatic hydroxyl groups excluding tert-OH is 1. The molecule has 0 aliphatic carbocycles. The van der Waals surface area contributed by atoms with Gasteiger partial charge in [0.25, 0.3) is 10.1 Å². The molecular formula is C36H34Cl2F2N12O8S. The molecule has 25 heteroatoms. The number of rotatable bonds is 10. The van der Waals surface area contributed by atoms with E-state index in [0.29, 0.717) is 51.0 Å². The Bertz CT molecular complexity index is 2610. The molecule has 2 aliphatic rings. The van der Waals surface area contributed by atoms with Gasteiger partial charge in [-0.3, -0.25) is 24.0 Å². The highest BCUT2D eigenvalue weighted by atomic mass is 35.5. The maximum Gasteiger partial charge on any atom is 0.414 e. The van der Waals surface area contributed by atoms with Crippen molar-refractivity contribution < 1.29 is 45.6 Å². The van der Waals surface area contributed by atoms with Crippen molar-refractivity contribution in [1.82, 2.24) is 50.4 Å². The van der Waals surface area contributed by atoms with E-state index < -0.39 is 46.1 Å². The molecule has 2 aromatic carbocycles. The number of anilines is 2. The van der Waals surface area contributed by atoms with Crippen LogP contribution in [-0.2, 0) is 37.9 Å². The molecule has 61 heavy (non-hydrogen) atoms. The minimum absolute atomic E-state index is 0.0362. The lowest BCUT2D eigenvalue weighted by Crippen LogP contribution is -2.26. The molecule has 2 saturated heterocycles. The summed E-state index contributed by atoms with van der Waals surface area (Å²) in [5, 5.41) is 32.7. The van der Waals surface area contributed by atoms with Crippen molar-refractivity contribution >= 4 is 56.9 Å². The highest BCUT2D eigenvalue weighted by Crippen LogP contribution is 2.31. The van der Waals surface area contributed by atoms with Crippen LogP contribution in [0.5, 0.6) is 0 Å². The molecule has 8 rings (SSSR count). The molecule has 2 amide bonds. The van der Waals surface area contributed by atoms with Crippen molar-refractivity contribution in [3.8, 4) is 45.3 Å². The summed E-state index contributed by atoms with van der Waals surface area (Å²) in [6, 6.07) is 15.5. The summed E-state index contributed by atoms with van der Waals surface area (Å²) in [4.78, 5) is 37.6. The number of carbonyl (C=O) groups excluding carboxylic acids is 2. The maximum atomic E-state index is 14.8. The smallest absolute Gasteiger partial charge is 0.414 e. The predicted molar refractivity (Wildman–Crippen MR) is 215 cm³/mol. The van der Waals surface area contributed by atoms with Gasteiger partial charge in [0.05, 0.1) is 56.8 Å². The van der Waals surface area contributed by atoms with E-state index in [4.69, 9.17) is 37.8 Å². The summed E-state index contributed by atoms with van der Waals surface area (Å²) in [5.41, 5.74) is 3.40. The number of ether oxygens (including phenoxy) is 2. The van der Waals surface area contributed by atoms with Gasteiger partial charge in [0.15, 0.2) is 0 Å². The lowest BCUT2D eigenvalue weighted by molar-refractivity contribution is 0.0963. The molecular weight excluding hydrogens is 869 g/mol. The number of carbonyl (C=O) groups is 2. The SMILES string of the molecule is ClCCl.Cn1nnc(-c2ccc(-c3ccc(N4C[C@H](CO)OC4=O)cc3F)cn2)n1.Cn1nnc(-c2ccc(-c3ccc(N4C[C@H](COS(C)(=O)=O)OC4=O)cc3F)cn2)n1. The standard InChI is InChI=1S/C18H17FN6O5S.C17H15FN6O3.CH2Cl2/c1-24-22-17(21-23-24)16-6-3-11(8-20-16)14-5-4-12(7-15(14)19)25-9-13(30-18(25)26)10-29-31(2,27)28;1-23-21-16(20-22-23)15-5-2-10(7-19-15)13-4-3-11(6-14(13)18)24-8-12(9-25)27-17(24)26;2-1-3/h3-8,13H,9-10H2,1-2H3;2-7,12,25H,8-9H2,1H3;1H2/t13-;12-;/m11./s1. The van der Waals surface area contributed by atoms with Gasteiger partial charge in [0.1, 0.15) is 41.8 Å². The van der Waals surface area contributed by atoms with Crippen molar-refractivity contribution in [3.63, 3.8) is 0 Å². The molecule has 2 fully saturated rings. The molecule has 0 bridgehead atoms. The second-order valence-electron chi connectivity index (χ2n) is 12.9. The highest BCUT2D eigenvalue weighted by Gasteiger charge is 2.34. The zero-order valence-electron chi connectivity index (χ0n) is 32.2. The fraction of sp³-hybridized carbons (Fsp3) is 0.278. The number of amides is 2. The van der Waals surface area contributed by atoms with Crippen LogP contribution in [0.2, 0.25) is 0 Å². The number of nitrogens with zero attached hydrogens (tertiary/aromatic N) is 12. The molecule has 0 unspecified atom stereocenters. The summed E-state index contributed by atoms with van der Waals surface area (Å²) in [6.07, 6.45) is 1.21. The highest BCUT2D eigenvalue weighted by molar-refractivity contribution is 7.85. The zero-order valence-corrected chi connectivity index (χ0v) is 34.5. The van der Waals surface area contributed by atoms with Crippen LogP contribution in [0.1, 0.15) is 0 Å². The molecule has 6 heterocycles. The van der Waals surface area contributed by atoms with Gasteiger partial charge in [-0.25, -0.2) is 18.4 Å². The van der Waals surface area contributed by atoms with Crippen molar-refractivity contribution in [1.29, 1.82) is 0 Å². The molecule has 0 saturated carbocycles. The number of pyridine rings is 2. The maximum absolute atomic E-state index is 14.8. The number of benzene rings is 2. The third-order valence-electron chi connectivity index (χ3n) is 8.57. The van der Waals surface area contributed by atoms with Crippen LogP contribution in [0.25, 0.3) is 45.3 Å². The number of hydrogen-bond donors (Lipinski definition) is 1. The number of aromatic nitrogens is 10. The van der Waals surface area contributed by atoms with Crippen LogP contribution in [0.3, 0.4) is 0 Å². The monoisotopic (exact) mass is 902 g/mol. The number of aryl methyl sites for hydroxylation is 2. The molecule has 0 spiro atoms. The molecule has 0 radical (unpaired) electrons. The Hall–Kier alpha value is -6.27. The van der Waals surface area contributed by atoms with Crippen molar-refractivity contribution in [3.05, 3.63) is 84.7 Å². The molecule has 4 aromatic heterocycles. The van der Waals surface area contributed by atoms with Gasteiger partial charge < -0.3 is 14.6 Å². The minimum atomic E-state index is -3.66. The number of cyclic esters (lactones) is 2. The molecule has 1 N–H and O–H groups in total. The Morgan fingerprint density at radius 1 is 0.754 bits per heavy atom. The van der Waals surface area contributed by atoms with Crippen LogP contribution in [0.4, 0.5) is 29.7 Å². The van der Waals surface area contributed by atoms with Crippen LogP contribution in [0, 0.1) is 11.6 Å². The van der Waals surface area contributed by atoms with E-state index >= 15 is 0 Å². The Balaban J connectivity index is 0.000000193. The van der Waals surface area contributed by atoms with E-state index in [-0.39, 0.29) is 37.3 Å². The second-order valence-corrected chi connectivity index (χ2v) is 15.4. The lowest BCUT2D eigenvalue weighted by atomic mass is 10.1. The van der Waals surface area contributed by atoms with Crippen LogP contribution in [-0.4, -0.2) is 126 Å². The fourth-order valence-corrected chi connectivity index (χ4v) is 6.20. The molecule has 320 valence electrons. The van der Waals surface area contributed by atoms with Crippen LogP contribution >= 0.6 is 23.2 Å². The Kier molecular flexibility index (Phi) is 14.1. The summed E-state index contributed by atoms with van der Waals surface area (Å²) in [5.74, 6) is -0.328. The number of tetrazole rings is 2. The fourth-order valence-electron chi connectivity index (χ4n) is 5.80. The number of alkyl halides is 2. The van der Waals surface area contributed by atoms with Gasteiger partial charge in [0, 0.05) is 34.6 Å². The predicted octanol–water partition coefficient (Wildman–Crippen LogP) is 4.20. The molecule has 2 atom stereocenters. The average molecular weight is 904 g/mol. The van der Waals surface area contributed by atoms with Crippen molar-refractivity contribution in [2.45, 2.75) is 12.2 Å². The van der Waals surface area contributed by atoms with Gasteiger partial charge in [-0.15, -0.1) is 43.6 Å². The van der Waals surface area contributed by atoms with E-state index in [1.807, 2.05) is 0 Å². The van der Waals surface area contributed by atoms with Crippen LogP contribution in [0.15, 0.2) is 73.1 Å². The third kappa shape index (κ3) is 11.1. The number of aliphatic hydroxyl groups is 1. The summed E-state index contributed by atoms with van der Waals surface area (Å²) in [6.45, 7) is -0.369. The summed E-state index contributed by atoms with van der Waals surface area (Å²) < 4.78 is 66.3. The first-order valence-electron chi connectivity index (χ1n) is 17.7. The van der Waals surface area contributed by atoms with E-state index in [9.17, 15) is 26.8 Å². The van der Waals surface area contributed by atoms with E-state index in [2.05, 4.69) is 45.0 Å². The second kappa shape index (κ2) is 19.4. The first-order valence-corrected chi connectivity index (χ1v) is 20.6. The summed E-state index contributed by atoms with van der Waals surface area (Å²) in [7, 11) is -0.371. The Morgan fingerprint density at radius 3 is 1.54 bits per heavy atom. The van der Waals surface area contributed by atoms with Gasteiger partial charge in [0.2, 0.25) is 11.6 Å². The number of hydrogen-bond acceptors (Lipinski definition) is 16. The largest absolute Gasteiger partial charge is 0.441 e. The lowest BCUT2D eigenvalue weighted by Gasteiger charge is -2.14. The topological polar surface area (TPSA) is 236 Å². The van der Waals surface area contributed by atoms with E-state index in [1.54, 1.807) is 56.6 Å². The summed E-state index contributed by atoms with van der Waals surface area (Å²) >= 11 is 9.53. The number of halogens is 4. The minimum Gasteiger partial charge on any atom is -0.441 e. The molecule has 2 aliphatic heterocycles. The van der Waals surface area contributed by atoms with Gasteiger partial charge in [-0.05, 0) is 59.0 Å². The molecule has 20 nitrogen and oxygen atoms in total. The van der Waals surface area contributed by atoms with E-state index in [1.165, 1.54) is 50.0 Å². The molecule has 6 aromatic rings. The van der Waals surface area contributed by atoms with E-state index in [0.717, 1.165) is 6.26 Å². The van der Waals surface area contributed by atoms with Gasteiger partial charge in [-0.1, -0.05) is 12.1 Å². The van der Waals surface area contributed by atoms with Gasteiger partial charge in [-0.2, -0.15) is 18.0 Å². The van der Waals surface area contributed by atoms with Crippen LogP contribution < -0.4 is 9.80 Å².